The number of amides is 2. The number of aromatic nitrogens is 3. The monoisotopic (exact) mass is 372 g/mol. The first kappa shape index (κ1) is 20.9. The molecule has 10 nitrogen and oxygen atoms in total. The Morgan fingerprint density at radius 2 is 2.08 bits per heavy atom. The van der Waals surface area contributed by atoms with E-state index >= 15 is 0 Å². The van der Waals surface area contributed by atoms with Crippen LogP contribution in [0.5, 0.6) is 0 Å². The van der Waals surface area contributed by atoms with E-state index < -0.39 is 10.3 Å². The van der Waals surface area contributed by atoms with E-state index in [2.05, 4.69) is 10.1 Å². The van der Waals surface area contributed by atoms with Crippen molar-refractivity contribution in [3.05, 3.63) is 15.9 Å². The third-order valence-corrected chi connectivity index (χ3v) is 4.72. The van der Waals surface area contributed by atoms with Crippen LogP contribution in [0.3, 0.4) is 0 Å². The van der Waals surface area contributed by atoms with Gasteiger partial charge in [0.25, 0.3) is 0 Å². The van der Waals surface area contributed by atoms with Crippen molar-refractivity contribution in [3.63, 3.8) is 0 Å². The van der Waals surface area contributed by atoms with E-state index in [0.717, 1.165) is 18.2 Å². The maximum Gasteiger partial charge on any atom is 0.346 e. The summed E-state index contributed by atoms with van der Waals surface area (Å²) in [7, 11) is 3.22. The molecule has 2 unspecified atom stereocenters. The second kappa shape index (κ2) is 9.35. The smallest absolute Gasteiger partial charge is 0.329 e. The average molecular weight is 372 g/mol. The molecule has 1 rings (SSSR count). The van der Waals surface area contributed by atoms with E-state index in [1.54, 1.807) is 21.0 Å². The third kappa shape index (κ3) is 5.69. The molecule has 0 saturated heterocycles. The summed E-state index contributed by atoms with van der Waals surface area (Å²) in [4.78, 5) is 40.7. The Morgan fingerprint density at radius 1 is 1.44 bits per heavy atom. The lowest BCUT2D eigenvalue weighted by molar-refractivity contribution is -0.479. The molecule has 1 heterocycles. The van der Waals surface area contributed by atoms with Crippen LogP contribution in [0.2, 0.25) is 0 Å². The standard InChI is InChI=1S/C14H24N6O4S/c1-6-10(2)12-15-13(20(16-12)14(22)17(4)5)25-11(3)18(9-21)7-8-19(23)24/h9-11H,6-8H2,1-5H3. The summed E-state index contributed by atoms with van der Waals surface area (Å²) < 4.78 is 1.21. The molecule has 0 bridgehead atoms. The molecule has 11 heteroatoms. The molecule has 2 amide bonds. The van der Waals surface area contributed by atoms with Crippen LogP contribution in [0.1, 0.15) is 38.9 Å². The van der Waals surface area contributed by atoms with Crippen molar-refractivity contribution in [3.8, 4) is 0 Å². The molecular formula is C14H24N6O4S. The van der Waals surface area contributed by atoms with Crippen molar-refractivity contribution in [2.24, 2.45) is 0 Å². The minimum Gasteiger partial charge on any atom is -0.329 e. The van der Waals surface area contributed by atoms with Crippen molar-refractivity contribution in [2.45, 2.75) is 43.6 Å². The summed E-state index contributed by atoms with van der Waals surface area (Å²) in [5, 5.41) is 14.7. The van der Waals surface area contributed by atoms with Crippen LogP contribution in [-0.2, 0) is 4.79 Å². The van der Waals surface area contributed by atoms with Crippen molar-refractivity contribution in [2.75, 3.05) is 27.2 Å². The fraction of sp³-hybridized carbons (Fsp3) is 0.714. The van der Waals surface area contributed by atoms with Gasteiger partial charge in [0.05, 0.1) is 11.9 Å². The molecule has 0 aliphatic rings. The van der Waals surface area contributed by atoms with Gasteiger partial charge in [-0.2, -0.15) is 4.68 Å². The lowest BCUT2D eigenvalue weighted by atomic mass is 10.1. The largest absolute Gasteiger partial charge is 0.346 e. The van der Waals surface area contributed by atoms with Crippen LogP contribution in [0.4, 0.5) is 4.79 Å². The Labute approximate surface area is 150 Å². The van der Waals surface area contributed by atoms with Gasteiger partial charge < -0.3 is 9.80 Å². The number of hydrogen-bond donors (Lipinski definition) is 0. The summed E-state index contributed by atoms with van der Waals surface area (Å²) in [5.74, 6) is 0.637. The Bertz CT molecular complexity index is 620. The Balaban J connectivity index is 3.04. The number of nitrogens with zero attached hydrogens (tertiary/aromatic N) is 6. The van der Waals surface area contributed by atoms with Crippen LogP contribution in [-0.4, -0.2) is 74.5 Å². The first-order chi connectivity index (χ1) is 11.7. The summed E-state index contributed by atoms with van der Waals surface area (Å²) in [6.07, 6.45) is 1.38. The van der Waals surface area contributed by atoms with Crippen LogP contribution >= 0.6 is 11.8 Å². The number of carbonyl (C=O) groups is 2. The van der Waals surface area contributed by atoms with Crippen molar-refractivity contribution < 1.29 is 14.5 Å². The molecule has 0 N–H and O–H groups in total. The molecule has 0 radical (unpaired) electrons. The number of hydrogen-bond acceptors (Lipinski definition) is 7. The normalized spacial score (nSPS) is 13.2. The zero-order valence-electron chi connectivity index (χ0n) is 15.1. The zero-order valence-corrected chi connectivity index (χ0v) is 15.9. The van der Waals surface area contributed by atoms with Crippen LogP contribution < -0.4 is 0 Å². The minimum atomic E-state index is -0.479. The first-order valence-corrected chi connectivity index (χ1v) is 8.77. The Hall–Kier alpha value is -2.17. The van der Waals surface area contributed by atoms with E-state index in [-0.39, 0.29) is 25.0 Å². The van der Waals surface area contributed by atoms with Crippen LogP contribution in [0.25, 0.3) is 0 Å². The SMILES string of the molecule is CCC(C)c1nc(SC(C)N(C=O)CC[N+](=O)[O-])n(C(=O)N(C)C)n1. The van der Waals surface area contributed by atoms with E-state index in [1.165, 1.54) is 14.5 Å². The lowest BCUT2D eigenvalue weighted by Crippen LogP contribution is -2.34. The highest BCUT2D eigenvalue weighted by molar-refractivity contribution is 7.99. The predicted molar refractivity (Wildman–Crippen MR) is 93.2 cm³/mol. The molecule has 25 heavy (non-hydrogen) atoms. The molecule has 0 aliphatic carbocycles. The summed E-state index contributed by atoms with van der Waals surface area (Å²) in [5.41, 5.74) is 0. The molecule has 0 fully saturated rings. The molecular weight excluding hydrogens is 348 g/mol. The van der Waals surface area contributed by atoms with E-state index in [9.17, 15) is 19.7 Å². The molecule has 140 valence electrons. The lowest BCUT2D eigenvalue weighted by Gasteiger charge is -2.22. The molecule has 0 saturated carbocycles. The van der Waals surface area contributed by atoms with Crippen LogP contribution in [0, 0.1) is 10.1 Å². The number of rotatable bonds is 9. The average Bonchev–Trinajstić information content (AvgIpc) is 2.97. The van der Waals surface area contributed by atoms with Gasteiger partial charge in [-0.1, -0.05) is 25.6 Å². The molecule has 0 spiro atoms. The maximum absolute atomic E-state index is 12.3. The van der Waals surface area contributed by atoms with Gasteiger partial charge in [0.2, 0.25) is 13.0 Å². The predicted octanol–water partition coefficient (Wildman–Crippen LogP) is 1.49. The highest BCUT2D eigenvalue weighted by Crippen LogP contribution is 2.26. The van der Waals surface area contributed by atoms with Crippen molar-refractivity contribution in [1.29, 1.82) is 0 Å². The highest BCUT2D eigenvalue weighted by atomic mass is 32.2. The van der Waals surface area contributed by atoms with Gasteiger partial charge >= 0.3 is 6.03 Å². The minimum absolute atomic E-state index is 0.0152. The number of carbonyl (C=O) groups excluding carboxylic acids is 2. The van der Waals surface area contributed by atoms with Gasteiger partial charge in [-0.25, -0.2) is 9.78 Å². The van der Waals surface area contributed by atoms with Gasteiger partial charge in [0.1, 0.15) is 0 Å². The van der Waals surface area contributed by atoms with Gasteiger partial charge in [-0.15, -0.1) is 5.10 Å². The quantitative estimate of drug-likeness (QED) is 0.212. The Kier molecular flexibility index (Phi) is 7.81. The van der Waals surface area contributed by atoms with Gasteiger partial charge in [0.15, 0.2) is 11.0 Å². The van der Waals surface area contributed by atoms with E-state index in [4.69, 9.17) is 0 Å². The maximum atomic E-state index is 12.3. The molecule has 0 aromatic carbocycles. The Morgan fingerprint density at radius 3 is 2.56 bits per heavy atom. The molecule has 0 aliphatic heterocycles. The van der Waals surface area contributed by atoms with Crippen molar-refractivity contribution >= 4 is 24.2 Å². The van der Waals surface area contributed by atoms with Gasteiger partial charge in [-0.3, -0.25) is 14.9 Å². The number of nitro groups is 1. The van der Waals surface area contributed by atoms with Crippen LogP contribution in [0.15, 0.2) is 5.16 Å². The summed E-state index contributed by atoms with van der Waals surface area (Å²) >= 11 is 1.16. The number of thioether (sulfide) groups is 1. The highest BCUT2D eigenvalue weighted by Gasteiger charge is 2.24. The fourth-order valence-corrected chi connectivity index (χ4v) is 2.79. The van der Waals surface area contributed by atoms with Gasteiger partial charge in [-0.05, 0) is 13.3 Å². The topological polar surface area (TPSA) is 114 Å². The van der Waals surface area contributed by atoms with E-state index in [0.29, 0.717) is 17.4 Å². The first-order valence-electron chi connectivity index (χ1n) is 7.89. The van der Waals surface area contributed by atoms with Gasteiger partial charge in [0, 0.05) is 24.9 Å². The fourth-order valence-electron chi connectivity index (χ4n) is 1.83. The van der Waals surface area contributed by atoms with Crippen molar-refractivity contribution in [1.82, 2.24) is 24.6 Å². The molecule has 2 atom stereocenters. The third-order valence-electron chi connectivity index (χ3n) is 3.63. The summed E-state index contributed by atoms with van der Waals surface area (Å²) in [6.45, 7) is 5.33. The zero-order chi connectivity index (χ0) is 19.1. The summed E-state index contributed by atoms with van der Waals surface area (Å²) in [6, 6.07) is -0.348. The molecule has 1 aromatic rings. The second-order valence-corrected chi connectivity index (χ2v) is 7.05. The van der Waals surface area contributed by atoms with E-state index in [1.807, 2.05) is 13.8 Å². The molecule has 1 aromatic heterocycles. The second-order valence-electron chi connectivity index (χ2n) is 5.77.